The Bertz CT molecular complexity index is 280. The van der Waals surface area contributed by atoms with Crippen LogP contribution in [0.1, 0.15) is 0 Å². The van der Waals surface area contributed by atoms with Gasteiger partial charge in [0.05, 0.1) is 0 Å². The summed E-state index contributed by atoms with van der Waals surface area (Å²) >= 11 is 0. The molecule has 0 N–H and O–H groups in total. The molecule has 0 aromatic rings. The van der Waals surface area contributed by atoms with Crippen LogP contribution in [0.2, 0.25) is 0 Å². The molecule has 0 unspecified atom stereocenters. The van der Waals surface area contributed by atoms with Crippen molar-refractivity contribution in [1.29, 1.82) is 0 Å². The normalized spacial score (nSPS) is 10.0. The minimum Gasteiger partial charge on any atom is -0.745 e. The molecule has 0 heterocycles. The van der Waals surface area contributed by atoms with E-state index >= 15 is 0 Å². The molecule has 0 aliphatic rings. The maximum absolute atomic E-state index is 9.33. The molecule has 0 rings (SSSR count). The summed E-state index contributed by atoms with van der Waals surface area (Å²) < 4.78 is 56.0. The minimum absolute atomic E-state index is 0. The molecule has 0 atom stereocenters. The molecule has 0 aromatic carbocycles. The van der Waals surface area contributed by atoms with Crippen molar-refractivity contribution < 1.29 is 43.0 Å². The Morgan fingerprint density at radius 1 is 0.846 bits per heavy atom. The van der Waals surface area contributed by atoms with Crippen molar-refractivity contribution in [3.8, 4) is 0 Å². The van der Waals surface area contributed by atoms with Gasteiger partial charge in [-0.15, -0.1) is 0 Å². The van der Waals surface area contributed by atoms with Gasteiger partial charge in [0, 0.05) is 10.8 Å². The van der Waals surface area contributed by atoms with E-state index in [1.54, 1.807) is 0 Å². The van der Waals surface area contributed by atoms with Crippen LogP contribution in [-0.2, 0) is 37.3 Å². The molecule has 0 spiro atoms. The molecule has 9 heteroatoms. The molecule has 0 aliphatic heterocycles. The Labute approximate surface area is 87.3 Å². The van der Waals surface area contributed by atoms with Gasteiger partial charge in [-0.2, -0.15) is 0 Å². The Morgan fingerprint density at radius 3 is 0.923 bits per heavy atom. The Hall–Kier alpha value is -0.181. The van der Waals surface area contributed by atoms with Crippen molar-refractivity contribution in [1.82, 2.24) is 0 Å². The van der Waals surface area contributed by atoms with E-state index in [0.29, 0.717) is 10.8 Å². The van der Waals surface area contributed by atoms with E-state index < -0.39 is 20.2 Å². The van der Waals surface area contributed by atoms with Gasteiger partial charge in [-0.3, -0.25) is 0 Å². The fourth-order valence-electron chi connectivity index (χ4n) is 0. The summed E-state index contributed by atoms with van der Waals surface area (Å²) in [7, 11) is -8.30. The summed E-state index contributed by atoms with van der Waals surface area (Å²) in [5, 5.41) is 0.708. The molecule has 1 radical (unpaired) electrons. The SMILES string of the molecule is C=CS(=O)(=O)[O-].C=CS(=O)(=O)[O-].[Mn+2]. The second kappa shape index (κ2) is 7.24. The van der Waals surface area contributed by atoms with Crippen LogP contribution in [0.15, 0.2) is 24.0 Å². The van der Waals surface area contributed by atoms with Crippen LogP contribution in [0.3, 0.4) is 0 Å². The Morgan fingerprint density at radius 2 is 0.923 bits per heavy atom. The van der Waals surface area contributed by atoms with Crippen molar-refractivity contribution in [2.45, 2.75) is 0 Å². The van der Waals surface area contributed by atoms with E-state index in [9.17, 15) is 25.9 Å². The third-order valence-corrected chi connectivity index (χ3v) is 1.22. The van der Waals surface area contributed by atoms with Crippen molar-refractivity contribution >= 4 is 20.2 Å². The third kappa shape index (κ3) is 33.7. The quantitative estimate of drug-likeness (QED) is 0.486. The van der Waals surface area contributed by atoms with Crippen molar-refractivity contribution in [2.75, 3.05) is 0 Å². The minimum atomic E-state index is -4.15. The number of rotatable bonds is 2. The van der Waals surface area contributed by atoms with Crippen LogP contribution in [-0.4, -0.2) is 25.9 Å². The first-order chi connectivity index (χ1) is 5.12. The van der Waals surface area contributed by atoms with Crippen LogP contribution >= 0.6 is 0 Å². The largest absolute Gasteiger partial charge is 2.00 e. The maximum Gasteiger partial charge on any atom is 2.00 e. The molecular formula is C4H6MnO6S2. The summed E-state index contributed by atoms with van der Waals surface area (Å²) in [5.41, 5.74) is 0. The van der Waals surface area contributed by atoms with Crippen LogP contribution < -0.4 is 0 Å². The van der Waals surface area contributed by atoms with Crippen LogP contribution in [0.5, 0.6) is 0 Å². The van der Waals surface area contributed by atoms with Gasteiger partial charge in [-0.25, -0.2) is 16.8 Å². The predicted molar refractivity (Wildman–Crippen MR) is 39.8 cm³/mol. The first kappa shape index (κ1) is 18.6. The Kier molecular flexibility index (Phi) is 10.4. The van der Waals surface area contributed by atoms with Gasteiger partial charge in [0.25, 0.3) is 0 Å². The zero-order valence-electron chi connectivity index (χ0n) is 6.21. The zero-order valence-corrected chi connectivity index (χ0v) is 9.03. The number of hydrogen-bond donors (Lipinski definition) is 0. The smallest absolute Gasteiger partial charge is 0.745 e. The third-order valence-electron chi connectivity index (χ3n) is 0.408. The monoisotopic (exact) mass is 269 g/mol. The first-order valence-corrected chi connectivity index (χ1v) is 5.23. The molecule has 0 amide bonds. The van der Waals surface area contributed by atoms with Gasteiger partial charge in [0.1, 0.15) is 20.2 Å². The van der Waals surface area contributed by atoms with E-state index in [0.717, 1.165) is 0 Å². The molecule has 13 heavy (non-hydrogen) atoms. The molecule has 0 aliphatic carbocycles. The fraction of sp³-hybridized carbons (Fsp3) is 0. The topological polar surface area (TPSA) is 114 Å². The number of hydrogen-bond acceptors (Lipinski definition) is 6. The summed E-state index contributed by atoms with van der Waals surface area (Å²) in [6.45, 7) is 5.46. The second-order valence-corrected chi connectivity index (χ2v) is 3.96. The summed E-state index contributed by atoms with van der Waals surface area (Å²) in [4.78, 5) is 0. The van der Waals surface area contributed by atoms with Gasteiger partial charge in [0.15, 0.2) is 0 Å². The van der Waals surface area contributed by atoms with E-state index in [2.05, 4.69) is 13.2 Å². The van der Waals surface area contributed by atoms with E-state index in [-0.39, 0.29) is 17.1 Å². The van der Waals surface area contributed by atoms with Crippen molar-refractivity contribution in [2.24, 2.45) is 0 Å². The van der Waals surface area contributed by atoms with Gasteiger partial charge < -0.3 is 9.11 Å². The average molecular weight is 269 g/mol. The molecule has 77 valence electrons. The van der Waals surface area contributed by atoms with Gasteiger partial charge in [-0.05, 0) is 0 Å². The van der Waals surface area contributed by atoms with Crippen molar-refractivity contribution in [3.63, 3.8) is 0 Å². The van der Waals surface area contributed by atoms with E-state index in [4.69, 9.17) is 0 Å². The zero-order chi connectivity index (χ0) is 10.4. The van der Waals surface area contributed by atoms with E-state index in [1.807, 2.05) is 0 Å². The molecule has 0 bridgehead atoms. The molecule has 0 fully saturated rings. The van der Waals surface area contributed by atoms with Crippen molar-refractivity contribution in [3.05, 3.63) is 24.0 Å². The van der Waals surface area contributed by atoms with Crippen LogP contribution in [0, 0.1) is 0 Å². The molecule has 0 saturated heterocycles. The maximum atomic E-state index is 9.33. The second-order valence-electron chi connectivity index (χ2n) is 1.32. The van der Waals surface area contributed by atoms with Crippen LogP contribution in [0.25, 0.3) is 0 Å². The average Bonchev–Trinajstić information content (AvgIpc) is 1.86. The van der Waals surface area contributed by atoms with Crippen LogP contribution in [0.4, 0.5) is 0 Å². The molecule has 0 aromatic heterocycles. The standard InChI is InChI=1S/2C2H4O3S.Mn/c2*1-2-6(3,4)5;/h2*2H,1H2,(H,3,4,5);/q;;+2/p-2. The summed E-state index contributed by atoms with van der Waals surface area (Å²) in [5.74, 6) is 0. The van der Waals surface area contributed by atoms with Gasteiger partial charge in [-0.1, -0.05) is 13.2 Å². The first-order valence-electron chi connectivity index (χ1n) is 2.29. The summed E-state index contributed by atoms with van der Waals surface area (Å²) in [6, 6.07) is 0. The fourth-order valence-corrected chi connectivity index (χ4v) is 0. The molecular weight excluding hydrogens is 263 g/mol. The van der Waals surface area contributed by atoms with Gasteiger partial charge in [0.2, 0.25) is 0 Å². The molecule has 6 nitrogen and oxygen atoms in total. The Balaban J connectivity index is -0.000000143. The van der Waals surface area contributed by atoms with E-state index in [1.165, 1.54) is 0 Å². The summed E-state index contributed by atoms with van der Waals surface area (Å²) in [6.07, 6.45) is 0. The predicted octanol–water partition coefficient (Wildman–Crippen LogP) is -0.652. The molecule has 0 saturated carbocycles. The van der Waals surface area contributed by atoms with Gasteiger partial charge >= 0.3 is 17.1 Å².